The standard InChI is InChI=1S/C18H20ClN3O2/c1-12(13-6-4-3-5-7-13)11-21-18(24)22-14-8-9-16(19)15(10-14)17(23)20-2/h3-10,12H,11H2,1-2H3,(H,20,23)(H2,21,22,24)/t12-/m0/s1. The van der Waals surface area contributed by atoms with Crippen molar-refractivity contribution in [2.45, 2.75) is 12.8 Å². The molecule has 126 valence electrons. The number of anilines is 1. The van der Waals surface area contributed by atoms with Gasteiger partial charge in [0.05, 0.1) is 10.6 Å². The van der Waals surface area contributed by atoms with Gasteiger partial charge in [-0.05, 0) is 29.7 Å². The largest absolute Gasteiger partial charge is 0.355 e. The fourth-order valence-electron chi connectivity index (χ4n) is 2.23. The predicted octanol–water partition coefficient (Wildman–Crippen LogP) is 3.62. The molecular weight excluding hydrogens is 326 g/mol. The second-order valence-corrected chi connectivity index (χ2v) is 5.83. The van der Waals surface area contributed by atoms with Gasteiger partial charge in [-0.25, -0.2) is 4.79 Å². The fraction of sp³-hybridized carbons (Fsp3) is 0.222. The van der Waals surface area contributed by atoms with Gasteiger partial charge in [0.25, 0.3) is 5.91 Å². The first-order valence-corrected chi connectivity index (χ1v) is 8.00. The van der Waals surface area contributed by atoms with Gasteiger partial charge in [0.1, 0.15) is 0 Å². The molecule has 2 aromatic carbocycles. The van der Waals surface area contributed by atoms with Crippen LogP contribution in [0.5, 0.6) is 0 Å². The highest BCUT2D eigenvalue weighted by Gasteiger charge is 2.11. The smallest absolute Gasteiger partial charge is 0.319 e. The van der Waals surface area contributed by atoms with E-state index in [4.69, 9.17) is 11.6 Å². The molecule has 0 saturated heterocycles. The van der Waals surface area contributed by atoms with Crippen molar-refractivity contribution in [3.05, 3.63) is 64.7 Å². The van der Waals surface area contributed by atoms with E-state index < -0.39 is 0 Å². The number of benzene rings is 2. The minimum absolute atomic E-state index is 0.198. The summed E-state index contributed by atoms with van der Waals surface area (Å²) in [4.78, 5) is 23.7. The van der Waals surface area contributed by atoms with E-state index in [-0.39, 0.29) is 17.9 Å². The molecular formula is C18H20ClN3O2. The molecule has 0 aromatic heterocycles. The van der Waals surface area contributed by atoms with E-state index in [1.54, 1.807) is 18.2 Å². The number of hydrogen-bond donors (Lipinski definition) is 3. The first-order chi connectivity index (χ1) is 11.5. The Morgan fingerprint density at radius 2 is 1.83 bits per heavy atom. The number of hydrogen-bond acceptors (Lipinski definition) is 2. The van der Waals surface area contributed by atoms with Crippen LogP contribution in [0.2, 0.25) is 5.02 Å². The van der Waals surface area contributed by atoms with Crippen LogP contribution < -0.4 is 16.0 Å². The third-order valence-corrected chi connectivity index (χ3v) is 3.96. The molecule has 0 fully saturated rings. The fourth-order valence-corrected chi connectivity index (χ4v) is 2.44. The molecule has 3 N–H and O–H groups in total. The minimum Gasteiger partial charge on any atom is -0.355 e. The van der Waals surface area contributed by atoms with Crippen LogP contribution >= 0.6 is 11.6 Å². The van der Waals surface area contributed by atoms with Crippen LogP contribution in [0, 0.1) is 0 Å². The summed E-state index contributed by atoms with van der Waals surface area (Å²) in [7, 11) is 1.52. The number of carbonyl (C=O) groups excluding carboxylic acids is 2. The summed E-state index contributed by atoms with van der Waals surface area (Å²) in [6.07, 6.45) is 0. The molecule has 0 bridgehead atoms. The second-order valence-electron chi connectivity index (χ2n) is 5.42. The number of amides is 3. The van der Waals surface area contributed by atoms with Gasteiger partial charge in [0, 0.05) is 19.3 Å². The van der Waals surface area contributed by atoms with E-state index in [9.17, 15) is 9.59 Å². The van der Waals surface area contributed by atoms with Crippen molar-refractivity contribution in [3.8, 4) is 0 Å². The topological polar surface area (TPSA) is 70.2 Å². The maximum absolute atomic E-state index is 12.0. The van der Waals surface area contributed by atoms with Crippen LogP contribution in [0.3, 0.4) is 0 Å². The maximum atomic E-state index is 12.0. The van der Waals surface area contributed by atoms with Gasteiger partial charge in [0.2, 0.25) is 0 Å². The Bertz CT molecular complexity index is 719. The van der Waals surface area contributed by atoms with Crippen LogP contribution in [-0.4, -0.2) is 25.5 Å². The molecule has 5 nitrogen and oxygen atoms in total. The Morgan fingerprint density at radius 3 is 2.50 bits per heavy atom. The van der Waals surface area contributed by atoms with Crippen LogP contribution in [-0.2, 0) is 0 Å². The highest BCUT2D eigenvalue weighted by molar-refractivity contribution is 6.34. The number of halogens is 1. The van der Waals surface area contributed by atoms with Crippen molar-refractivity contribution in [3.63, 3.8) is 0 Å². The van der Waals surface area contributed by atoms with Crippen LogP contribution in [0.1, 0.15) is 28.8 Å². The summed E-state index contributed by atoms with van der Waals surface area (Å²) < 4.78 is 0. The molecule has 0 heterocycles. The van der Waals surface area contributed by atoms with Gasteiger partial charge in [-0.2, -0.15) is 0 Å². The van der Waals surface area contributed by atoms with Gasteiger partial charge in [0.15, 0.2) is 0 Å². The molecule has 3 amide bonds. The normalized spacial score (nSPS) is 11.5. The summed E-state index contributed by atoms with van der Waals surface area (Å²) in [6, 6.07) is 14.4. The maximum Gasteiger partial charge on any atom is 0.319 e. The number of carbonyl (C=O) groups is 2. The van der Waals surface area contributed by atoms with Crippen LogP contribution in [0.15, 0.2) is 48.5 Å². The second kappa shape index (κ2) is 8.36. The molecule has 24 heavy (non-hydrogen) atoms. The lowest BCUT2D eigenvalue weighted by Crippen LogP contribution is -2.31. The van der Waals surface area contributed by atoms with Gasteiger partial charge in [-0.15, -0.1) is 0 Å². The van der Waals surface area contributed by atoms with Crippen molar-refractivity contribution in [2.75, 3.05) is 18.9 Å². The zero-order chi connectivity index (χ0) is 17.5. The third kappa shape index (κ3) is 4.73. The van der Waals surface area contributed by atoms with Gasteiger partial charge in [-0.1, -0.05) is 48.9 Å². The molecule has 0 saturated carbocycles. The lowest BCUT2D eigenvalue weighted by molar-refractivity contribution is 0.0963. The first kappa shape index (κ1) is 17.8. The molecule has 0 radical (unpaired) electrons. The molecule has 0 aliphatic rings. The number of rotatable bonds is 5. The molecule has 0 aliphatic carbocycles. The SMILES string of the molecule is CNC(=O)c1cc(NC(=O)NC[C@H](C)c2ccccc2)ccc1Cl. The molecule has 0 spiro atoms. The Morgan fingerprint density at radius 1 is 1.12 bits per heavy atom. The Balaban J connectivity index is 1.94. The molecule has 0 aliphatic heterocycles. The summed E-state index contributed by atoms with van der Waals surface area (Å²) >= 11 is 5.99. The first-order valence-electron chi connectivity index (χ1n) is 7.62. The molecule has 2 rings (SSSR count). The average Bonchev–Trinajstić information content (AvgIpc) is 2.61. The highest BCUT2D eigenvalue weighted by Crippen LogP contribution is 2.20. The summed E-state index contributed by atoms with van der Waals surface area (Å²) in [6.45, 7) is 2.55. The van der Waals surface area contributed by atoms with Crippen molar-refractivity contribution in [1.29, 1.82) is 0 Å². The summed E-state index contributed by atoms with van der Waals surface area (Å²) in [5.41, 5.74) is 1.98. The van der Waals surface area contributed by atoms with E-state index in [0.29, 0.717) is 22.8 Å². The number of urea groups is 1. The van der Waals surface area contributed by atoms with Gasteiger partial charge < -0.3 is 16.0 Å². The van der Waals surface area contributed by atoms with E-state index in [2.05, 4.69) is 16.0 Å². The predicted molar refractivity (Wildman–Crippen MR) is 96.7 cm³/mol. The monoisotopic (exact) mass is 345 g/mol. The molecule has 2 aromatic rings. The molecule has 6 heteroatoms. The van der Waals surface area contributed by atoms with Crippen LogP contribution in [0.4, 0.5) is 10.5 Å². The lowest BCUT2D eigenvalue weighted by atomic mass is 10.0. The van der Waals surface area contributed by atoms with E-state index in [1.165, 1.54) is 7.05 Å². The third-order valence-electron chi connectivity index (χ3n) is 3.63. The van der Waals surface area contributed by atoms with Crippen molar-refractivity contribution in [1.82, 2.24) is 10.6 Å². The summed E-state index contributed by atoms with van der Waals surface area (Å²) in [5, 5.41) is 8.37. The quantitative estimate of drug-likeness (QED) is 0.774. The van der Waals surface area contributed by atoms with E-state index >= 15 is 0 Å². The zero-order valence-corrected chi connectivity index (χ0v) is 14.4. The highest BCUT2D eigenvalue weighted by atomic mass is 35.5. The Labute approximate surface area is 146 Å². The van der Waals surface area contributed by atoms with Crippen molar-refractivity contribution in [2.24, 2.45) is 0 Å². The minimum atomic E-state index is -0.331. The number of nitrogens with one attached hydrogen (secondary N) is 3. The van der Waals surface area contributed by atoms with Gasteiger partial charge >= 0.3 is 6.03 Å². The molecule has 0 unspecified atom stereocenters. The lowest BCUT2D eigenvalue weighted by Gasteiger charge is -2.14. The van der Waals surface area contributed by atoms with Crippen molar-refractivity contribution < 1.29 is 9.59 Å². The van der Waals surface area contributed by atoms with Crippen molar-refractivity contribution >= 4 is 29.2 Å². The Hall–Kier alpha value is -2.53. The van der Waals surface area contributed by atoms with E-state index in [0.717, 1.165) is 5.56 Å². The average molecular weight is 346 g/mol. The zero-order valence-electron chi connectivity index (χ0n) is 13.6. The van der Waals surface area contributed by atoms with E-state index in [1.807, 2.05) is 37.3 Å². The summed E-state index contributed by atoms with van der Waals surface area (Å²) in [5.74, 6) is -0.106. The Kier molecular flexibility index (Phi) is 6.21. The van der Waals surface area contributed by atoms with Crippen LogP contribution in [0.25, 0.3) is 0 Å². The van der Waals surface area contributed by atoms with Gasteiger partial charge in [-0.3, -0.25) is 4.79 Å². The molecule has 1 atom stereocenters.